The first kappa shape index (κ1) is 24.2. The number of carbonyl (C=O) groups is 1. The molecule has 0 amide bonds. The molecule has 0 aliphatic carbocycles. The number of rotatable bonds is 8. The second-order valence-electron chi connectivity index (χ2n) is 9.02. The van der Waals surface area contributed by atoms with Gasteiger partial charge < -0.3 is 14.8 Å². The van der Waals surface area contributed by atoms with Crippen LogP contribution in [0.5, 0.6) is 5.75 Å². The highest BCUT2D eigenvalue weighted by molar-refractivity contribution is 5.83. The van der Waals surface area contributed by atoms with Crippen LogP contribution in [0.2, 0.25) is 0 Å². The number of aryl methyl sites for hydroxylation is 3. The Hall–Kier alpha value is -3.97. The first-order chi connectivity index (χ1) is 16.9. The number of fused-ring (bicyclic) bond motifs is 1. The summed E-state index contributed by atoms with van der Waals surface area (Å²) in [6.07, 6.45) is 2.51. The fourth-order valence-electron chi connectivity index (χ4n) is 4.76. The number of aromatic nitrogens is 1. The normalized spacial score (nSPS) is 12.6. The molecule has 1 heterocycles. The van der Waals surface area contributed by atoms with E-state index in [1.54, 1.807) is 6.92 Å². The van der Waals surface area contributed by atoms with Crippen LogP contribution < -0.4 is 4.74 Å². The maximum absolute atomic E-state index is 11.3. The van der Waals surface area contributed by atoms with Crippen molar-refractivity contribution in [2.24, 2.45) is 0 Å². The van der Waals surface area contributed by atoms with Crippen molar-refractivity contribution >= 4 is 16.9 Å². The summed E-state index contributed by atoms with van der Waals surface area (Å²) in [7, 11) is 0. The Morgan fingerprint density at radius 2 is 1.71 bits per heavy atom. The molecule has 4 aromatic rings. The van der Waals surface area contributed by atoms with Gasteiger partial charge in [0.1, 0.15) is 11.9 Å². The van der Waals surface area contributed by atoms with Gasteiger partial charge in [-0.05, 0) is 84.7 Å². The highest BCUT2D eigenvalue weighted by Crippen LogP contribution is 2.33. The average molecular weight is 466 g/mol. The van der Waals surface area contributed by atoms with Crippen molar-refractivity contribution in [2.45, 2.75) is 52.6 Å². The molecular weight excluding hydrogens is 434 g/mol. The van der Waals surface area contributed by atoms with Crippen molar-refractivity contribution in [2.75, 3.05) is 0 Å². The Balaban J connectivity index is 1.69. The molecule has 35 heavy (non-hydrogen) atoms. The number of benzene rings is 3. The predicted molar refractivity (Wildman–Crippen MR) is 141 cm³/mol. The van der Waals surface area contributed by atoms with Crippen LogP contribution in [0.15, 0.2) is 66.9 Å². The molecule has 0 spiro atoms. The first-order valence-electron chi connectivity index (χ1n) is 11.9. The molecule has 0 aliphatic heterocycles. The van der Waals surface area contributed by atoms with Gasteiger partial charge in [-0.2, -0.15) is 0 Å². The van der Waals surface area contributed by atoms with Crippen LogP contribution in [0.4, 0.5) is 0 Å². The third-order valence-electron chi connectivity index (χ3n) is 6.67. The molecule has 2 unspecified atom stereocenters. The smallest absolute Gasteiger partial charge is 0.304 e. The van der Waals surface area contributed by atoms with E-state index in [1.165, 1.54) is 27.6 Å². The van der Waals surface area contributed by atoms with Gasteiger partial charge >= 0.3 is 5.97 Å². The van der Waals surface area contributed by atoms with Crippen LogP contribution in [0.3, 0.4) is 0 Å². The van der Waals surface area contributed by atoms with Gasteiger partial charge in [0, 0.05) is 18.1 Å². The van der Waals surface area contributed by atoms with Gasteiger partial charge in [0.15, 0.2) is 0 Å². The summed E-state index contributed by atoms with van der Waals surface area (Å²) in [6, 6.07) is 20.4. The molecule has 0 bridgehead atoms. The maximum Gasteiger partial charge on any atom is 0.304 e. The molecule has 1 aromatic heterocycles. The summed E-state index contributed by atoms with van der Waals surface area (Å²) < 4.78 is 6.63. The third-order valence-corrected chi connectivity index (χ3v) is 6.67. The number of carboxylic acid groups (broad SMARTS) is 1. The monoisotopic (exact) mass is 465 g/mol. The summed E-state index contributed by atoms with van der Waals surface area (Å²) in [5.74, 6) is 5.40. The molecule has 0 saturated carbocycles. The molecule has 4 heteroatoms. The summed E-state index contributed by atoms with van der Waals surface area (Å²) in [5.41, 5.74) is 8.13. The third kappa shape index (κ3) is 5.41. The van der Waals surface area contributed by atoms with E-state index in [-0.39, 0.29) is 18.4 Å². The minimum absolute atomic E-state index is 0.0222. The molecule has 4 rings (SSSR count). The highest BCUT2D eigenvalue weighted by atomic mass is 16.5. The number of hydrogen-bond acceptors (Lipinski definition) is 2. The number of carboxylic acids is 1. The summed E-state index contributed by atoms with van der Waals surface area (Å²) >= 11 is 0. The van der Waals surface area contributed by atoms with E-state index in [4.69, 9.17) is 4.74 Å². The van der Waals surface area contributed by atoms with Gasteiger partial charge in [0.25, 0.3) is 0 Å². The Morgan fingerprint density at radius 1 is 1.00 bits per heavy atom. The lowest BCUT2D eigenvalue weighted by molar-refractivity contribution is -0.137. The van der Waals surface area contributed by atoms with Crippen molar-refractivity contribution in [1.82, 2.24) is 4.98 Å². The Bertz CT molecular complexity index is 1380. The SMILES string of the molecule is CC#CC(CC(=O)O)c1ccc(OC(Cc2c(C)cccc2C)c2ccc3cc[nH]c3c2C)cc1. The van der Waals surface area contributed by atoms with Gasteiger partial charge in [0.05, 0.1) is 12.3 Å². The van der Waals surface area contributed by atoms with E-state index < -0.39 is 5.97 Å². The fourth-order valence-corrected chi connectivity index (χ4v) is 4.76. The average Bonchev–Trinajstić information content (AvgIpc) is 3.31. The van der Waals surface area contributed by atoms with Crippen LogP contribution in [0.25, 0.3) is 10.9 Å². The molecule has 3 aromatic carbocycles. The summed E-state index contributed by atoms with van der Waals surface area (Å²) in [6.45, 7) is 8.16. The zero-order chi connectivity index (χ0) is 24.9. The van der Waals surface area contributed by atoms with Crippen LogP contribution in [0.1, 0.15) is 58.7 Å². The topological polar surface area (TPSA) is 62.3 Å². The largest absolute Gasteiger partial charge is 0.485 e. The Labute approximate surface area is 207 Å². The summed E-state index contributed by atoms with van der Waals surface area (Å²) in [5, 5.41) is 10.4. The quantitative estimate of drug-likeness (QED) is 0.274. The van der Waals surface area contributed by atoms with Gasteiger partial charge in [0.2, 0.25) is 0 Å². The first-order valence-corrected chi connectivity index (χ1v) is 11.9. The van der Waals surface area contributed by atoms with E-state index in [9.17, 15) is 9.90 Å². The van der Waals surface area contributed by atoms with Crippen molar-refractivity contribution in [1.29, 1.82) is 0 Å². The molecule has 4 nitrogen and oxygen atoms in total. The second kappa shape index (κ2) is 10.5. The van der Waals surface area contributed by atoms with Crippen molar-refractivity contribution in [3.63, 3.8) is 0 Å². The van der Waals surface area contributed by atoms with Crippen LogP contribution in [0, 0.1) is 32.6 Å². The van der Waals surface area contributed by atoms with E-state index in [1.807, 2.05) is 30.5 Å². The van der Waals surface area contributed by atoms with Gasteiger partial charge in [-0.25, -0.2) is 0 Å². The predicted octanol–water partition coefficient (Wildman–Crippen LogP) is 7.04. The van der Waals surface area contributed by atoms with E-state index >= 15 is 0 Å². The maximum atomic E-state index is 11.3. The molecule has 0 saturated heterocycles. The molecule has 178 valence electrons. The Kier molecular flexibility index (Phi) is 7.27. The minimum Gasteiger partial charge on any atom is -0.485 e. The zero-order valence-corrected chi connectivity index (χ0v) is 20.7. The summed E-state index contributed by atoms with van der Waals surface area (Å²) in [4.78, 5) is 14.6. The molecule has 2 N–H and O–H groups in total. The van der Waals surface area contributed by atoms with E-state index in [2.05, 4.69) is 74.0 Å². The lowest BCUT2D eigenvalue weighted by Gasteiger charge is -2.24. The van der Waals surface area contributed by atoms with Crippen LogP contribution in [-0.4, -0.2) is 16.1 Å². The van der Waals surface area contributed by atoms with E-state index in [0.29, 0.717) is 0 Å². The number of H-pyrrole nitrogens is 1. The standard InChI is InChI=1S/C31H31NO3/c1-5-7-25(18-30(33)34)23-10-13-26(14-11-23)35-29(19-28-20(2)8-6-9-21(28)3)27-15-12-24-16-17-32-31(24)22(27)4/h6,8-17,25,29,32H,18-19H2,1-4H3,(H,33,34). The van der Waals surface area contributed by atoms with Crippen LogP contribution >= 0.6 is 0 Å². The number of aromatic amines is 1. The Morgan fingerprint density at radius 3 is 2.37 bits per heavy atom. The van der Waals surface area contributed by atoms with Gasteiger partial charge in [-0.15, -0.1) is 5.92 Å². The van der Waals surface area contributed by atoms with Crippen molar-refractivity contribution in [3.8, 4) is 17.6 Å². The number of nitrogens with one attached hydrogen (secondary N) is 1. The molecule has 0 fully saturated rings. The van der Waals surface area contributed by atoms with Crippen molar-refractivity contribution < 1.29 is 14.6 Å². The lowest BCUT2D eigenvalue weighted by Crippen LogP contribution is -2.14. The molecule has 0 aliphatic rings. The molecule has 0 radical (unpaired) electrons. The lowest BCUT2D eigenvalue weighted by atomic mass is 9.92. The van der Waals surface area contributed by atoms with Crippen molar-refractivity contribution in [3.05, 3.63) is 100 Å². The van der Waals surface area contributed by atoms with Gasteiger partial charge in [-0.1, -0.05) is 48.4 Å². The van der Waals surface area contributed by atoms with E-state index in [0.717, 1.165) is 28.8 Å². The molecule has 2 atom stereocenters. The minimum atomic E-state index is -0.859. The molecular formula is C31H31NO3. The van der Waals surface area contributed by atoms with Crippen LogP contribution in [-0.2, 0) is 11.2 Å². The second-order valence-corrected chi connectivity index (χ2v) is 9.02. The highest BCUT2D eigenvalue weighted by Gasteiger charge is 2.21. The number of hydrogen-bond donors (Lipinski definition) is 2. The zero-order valence-electron chi connectivity index (χ0n) is 20.7. The van der Waals surface area contributed by atoms with Gasteiger partial charge in [-0.3, -0.25) is 4.79 Å². The number of ether oxygens (including phenoxy) is 1. The number of aliphatic carboxylic acids is 1. The fraction of sp³-hybridized carbons (Fsp3) is 0.258.